The molecule has 1 aliphatic rings. The van der Waals surface area contributed by atoms with Crippen molar-refractivity contribution in [2.45, 2.75) is 26.7 Å². The number of rotatable bonds is 0. The fourth-order valence-corrected chi connectivity index (χ4v) is 1.90. The molecular weight excluding hydrogens is 162 g/mol. The van der Waals surface area contributed by atoms with Gasteiger partial charge in [-0.1, -0.05) is 13.8 Å². The van der Waals surface area contributed by atoms with E-state index in [0.29, 0.717) is 5.41 Å². The highest BCUT2D eigenvalue weighted by Gasteiger charge is 2.25. The largest absolute Gasteiger partial charge is 0.382 e. The van der Waals surface area contributed by atoms with E-state index >= 15 is 0 Å². The van der Waals surface area contributed by atoms with Crippen LogP contribution in [0.1, 0.15) is 26.0 Å². The molecule has 0 spiro atoms. The third-order valence-corrected chi connectivity index (χ3v) is 2.82. The fourth-order valence-electron chi connectivity index (χ4n) is 1.90. The van der Waals surface area contributed by atoms with Crippen LogP contribution in [0.25, 0.3) is 0 Å². The summed E-state index contributed by atoms with van der Waals surface area (Å²) in [6.45, 7) is 5.69. The molecule has 0 atom stereocenters. The number of nitrogens with one attached hydrogen (secondary N) is 1. The van der Waals surface area contributed by atoms with Gasteiger partial charge in [-0.05, 0) is 18.3 Å². The smallest absolute Gasteiger partial charge is 0.0759 e. The highest BCUT2D eigenvalue weighted by molar-refractivity contribution is 5.47. The van der Waals surface area contributed by atoms with E-state index in [9.17, 15) is 0 Å². The molecule has 3 nitrogen and oxygen atoms in total. The summed E-state index contributed by atoms with van der Waals surface area (Å²) in [6, 6.07) is 0. The maximum absolute atomic E-state index is 4.26. The van der Waals surface area contributed by atoms with Gasteiger partial charge in [0.05, 0.1) is 17.6 Å². The molecule has 13 heavy (non-hydrogen) atoms. The Morgan fingerprint density at radius 2 is 2.31 bits per heavy atom. The molecule has 3 heteroatoms. The van der Waals surface area contributed by atoms with Crippen molar-refractivity contribution in [1.29, 1.82) is 0 Å². The van der Waals surface area contributed by atoms with Gasteiger partial charge < -0.3 is 5.32 Å². The van der Waals surface area contributed by atoms with Crippen molar-refractivity contribution >= 4 is 5.69 Å². The lowest BCUT2D eigenvalue weighted by Crippen LogP contribution is -2.17. The second-order valence-electron chi connectivity index (χ2n) is 4.65. The third kappa shape index (κ3) is 1.55. The molecule has 0 fully saturated rings. The first-order valence-corrected chi connectivity index (χ1v) is 4.83. The van der Waals surface area contributed by atoms with Crippen molar-refractivity contribution in [3.63, 3.8) is 0 Å². The van der Waals surface area contributed by atoms with E-state index in [0.717, 1.165) is 13.0 Å². The molecule has 0 aliphatic carbocycles. The molecular formula is C10H17N3. The minimum Gasteiger partial charge on any atom is -0.382 e. The Kier molecular flexibility index (Phi) is 1.82. The standard InChI is InChI=1S/C10H17N3/c1-10(2)4-5-11-8-7-12-13(3)9(8)6-10/h7,11H,4-6H2,1-3H3. The van der Waals surface area contributed by atoms with Crippen molar-refractivity contribution in [3.8, 4) is 0 Å². The van der Waals surface area contributed by atoms with Crippen LogP contribution in [0, 0.1) is 5.41 Å². The number of anilines is 1. The molecule has 2 heterocycles. The van der Waals surface area contributed by atoms with Crippen LogP contribution in [0.4, 0.5) is 5.69 Å². The summed E-state index contributed by atoms with van der Waals surface area (Å²) >= 11 is 0. The van der Waals surface area contributed by atoms with Gasteiger partial charge in [-0.3, -0.25) is 4.68 Å². The summed E-state index contributed by atoms with van der Waals surface area (Å²) < 4.78 is 1.98. The van der Waals surface area contributed by atoms with Gasteiger partial charge in [0.25, 0.3) is 0 Å². The van der Waals surface area contributed by atoms with E-state index in [1.54, 1.807) is 0 Å². The Labute approximate surface area is 79.1 Å². The fraction of sp³-hybridized carbons (Fsp3) is 0.700. The minimum absolute atomic E-state index is 0.395. The molecule has 1 aliphatic heterocycles. The minimum atomic E-state index is 0.395. The number of aromatic nitrogens is 2. The van der Waals surface area contributed by atoms with Crippen molar-refractivity contribution in [1.82, 2.24) is 9.78 Å². The van der Waals surface area contributed by atoms with Crippen molar-refractivity contribution in [3.05, 3.63) is 11.9 Å². The molecule has 0 unspecified atom stereocenters. The van der Waals surface area contributed by atoms with Gasteiger partial charge in [-0.25, -0.2) is 0 Å². The van der Waals surface area contributed by atoms with Gasteiger partial charge in [-0.15, -0.1) is 0 Å². The lowest BCUT2D eigenvalue weighted by molar-refractivity contribution is 0.340. The highest BCUT2D eigenvalue weighted by atomic mass is 15.3. The van der Waals surface area contributed by atoms with Crippen LogP contribution in [-0.4, -0.2) is 16.3 Å². The van der Waals surface area contributed by atoms with E-state index < -0.39 is 0 Å². The lowest BCUT2D eigenvalue weighted by atomic mass is 9.85. The second-order valence-corrected chi connectivity index (χ2v) is 4.65. The van der Waals surface area contributed by atoms with Crippen molar-refractivity contribution < 1.29 is 0 Å². The summed E-state index contributed by atoms with van der Waals surface area (Å²) in [5.41, 5.74) is 2.95. The highest BCUT2D eigenvalue weighted by Crippen LogP contribution is 2.31. The summed E-state index contributed by atoms with van der Waals surface area (Å²) in [5, 5.41) is 7.68. The maximum atomic E-state index is 4.26. The topological polar surface area (TPSA) is 29.9 Å². The zero-order chi connectivity index (χ0) is 9.47. The predicted octanol–water partition coefficient (Wildman–Crippen LogP) is 1.80. The summed E-state index contributed by atoms with van der Waals surface area (Å²) in [7, 11) is 2.02. The summed E-state index contributed by atoms with van der Waals surface area (Å²) in [5.74, 6) is 0. The Morgan fingerprint density at radius 3 is 3.08 bits per heavy atom. The molecule has 0 bridgehead atoms. The lowest BCUT2D eigenvalue weighted by Gasteiger charge is -2.21. The van der Waals surface area contributed by atoms with Crippen LogP contribution in [0.15, 0.2) is 6.20 Å². The Bertz CT molecular complexity index is 312. The number of nitrogens with zero attached hydrogens (tertiary/aromatic N) is 2. The van der Waals surface area contributed by atoms with Crippen molar-refractivity contribution in [2.75, 3.05) is 11.9 Å². The average Bonchev–Trinajstić information content (AvgIpc) is 2.31. The van der Waals surface area contributed by atoms with Gasteiger partial charge in [0.15, 0.2) is 0 Å². The number of fused-ring (bicyclic) bond motifs is 1. The van der Waals surface area contributed by atoms with Crippen LogP contribution in [0.3, 0.4) is 0 Å². The van der Waals surface area contributed by atoms with Crippen LogP contribution < -0.4 is 5.32 Å². The first-order chi connectivity index (χ1) is 6.08. The molecule has 2 rings (SSSR count). The number of hydrogen-bond donors (Lipinski definition) is 1. The van der Waals surface area contributed by atoms with Crippen LogP contribution in [0.5, 0.6) is 0 Å². The SMILES string of the molecule is Cn1ncc2c1CC(C)(C)CCN2. The quantitative estimate of drug-likeness (QED) is 0.658. The van der Waals surface area contributed by atoms with E-state index in [1.807, 2.05) is 17.9 Å². The molecule has 0 aromatic carbocycles. The van der Waals surface area contributed by atoms with Crippen LogP contribution in [-0.2, 0) is 13.5 Å². The third-order valence-electron chi connectivity index (χ3n) is 2.82. The molecule has 1 aromatic heterocycles. The van der Waals surface area contributed by atoms with Gasteiger partial charge in [0.1, 0.15) is 0 Å². The molecule has 0 radical (unpaired) electrons. The number of aryl methyl sites for hydroxylation is 1. The van der Waals surface area contributed by atoms with Gasteiger partial charge in [-0.2, -0.15) is 5.10 Å². The first kappa shape index (κ1) is 8.60. The van der Waals surface area contributed by atoms with Gasteiger partial charge in [0, 0.05) is 13.6 Å². The normalized spacial score (nSPS) is 20.2. The Hall–Kier alpha value is -0.990. The van der Waals surface area contributed by atoms with E-state index in [2.05, 4.69) is 24.3 Å². The molecule has 0 saturated heterocycles. The molecule has 72 valence electrons. The summed E-state index contributed by atoms with van der Waals surface area (Å²) in [6.07, 6.45) is 4.27. The van der Waals surface area contributed by atoms with Gasteiger partial charge >= 0.3 is 0 Å². The monoisotopic (exact) mass is 179 g/mol. The van der Waals surface area contributed by atoms with Crippen molar-refractivity contribution in [2.24, 2.45) is 12.5 Å². The molecule has 1 aromatic rings. The molecule has 1 N–H and O–H groups in total. The van der Waals surface area contributed by atoms with E-state index in [-0.39, 0.29) is 0 Å². The predicted molar refractivity (Wildman–Crippen MR) is 53.8 cm³/mol. The maximum Gasteiger partial charge on any atom is 0.0759 e. The van der Waals surface area contributed by atoms with E-state index in [1.165, 1.54) is 17.8 Å². The second kappa shape index (κ2) is 2.76. The zero-order valence-corrected chi connectivity index (χ0v) is 8.59. The van der Waals surface area contributed by atoms with Crippen LogP contribution >= 0.6 is 0 Å². The Balaban J connectivity index is 2.37. The zero-order valence-electron chi connectivity index (χ0n) is 8.59. The van der Waals surface area contributed by atoms with E-state index in [4.69, 9.17) is 0 Å². The van der Waals surface area contributed by atoms with Crippen LogP contribution in [0.2, 0.25) is 0 Å². The number of hydrogen-bond acceptors (Lipinski definition) is 2. The first-order valence-electron chi connectivity index (χ1n) is 4.83. The molecule has 0 saturated carbocycles. The van der Waals surface area contributed by atoms with Gasteiger partial charge in [0.2, 0.25) is 0 Å². The Morgan fingerprint density at radius 1 is 1.54 bits per heavy atom. The average molecular weight is 179 g/mol. The summed E-state index contributed by atoms with van der Waals surface area (Å²) in [4.78, 5) is 0. The molecule has 0 amide bonds.